The highest BCUT2D eigenvalue weighted by atomic mass is 16.5. The first kappa shape index (κ1) is 9.77. The van der Waals surface area contributed by atoms with Crippen LogP contribution in [0.15, 0.2) is 0 Å². The number of alkyl carbamates (subject to hydrolysis) is 1. The first-order valence-corrected chi connectivity index (χ1v) is 5.31. The fourth-order valence-corrected chi connectivity index (χ4v) is 2.56. The van der Waals surface area contributed by atoms with E-state index in [0.29, 0.717) is 6.61 Å². The molecule has 0 unspecified atom stereocenters. The maximum Gasteiger partial charge on any atom is 0.407 e. The zero-order chi connectivity index (χ0) is 10.2. The Hall–Kier alpha value is -0.770. The molecule has 80 valence electrons. The lowest BCUT2D eigenvalue weighted by Crippen LogP contribution is -2.82. The number of carbonyl (C=O) groups excluding carboxylic acids is 1. The molecule has 0 saturated heterocycles. The molecule has 4 heteroatoms. The molecule has 3 aliphatic rings. The SMILES string of the molecule is CCCCOC(=O)NC12CC(N)(C1)C2. The number of amides is 1. The predicted octanol–water partition coefficient (Wildman–Crippen LogP) is 1.15. The second-order valence-corrected chi connectivity index (χ2v) is 4.79. The molecule has 3 rings (SSSR count). The average molecular weight is 198 g/mol. The largest absolute Gasteiger partial charge is 0.450 e. The molecule has 14 heavy (non-hydrogen) atoms. The molecule has 0 aliphatic heterocycles. The summed E-state index contributed by atoms with van der Waals surface area (Å²) in [5.41, 5.74) is 5.91. The summed E-state index contributed by atoms with van der Waals surface area (Å²) in [6.45, 7) is 2.59. The smallest absolute Gasteiger partial charge is 0.407 e. The van der Waals surface area contributed by atoms with Crippen LogP contribution in [-0.2, 0) is 4.74 Å². The molecule has 3 saturated carbocycles. The predicted molar refractivity (Wildman–Crippen MR) is 52.9 cm³/mol. The molecule has 0 spiro atoms. The summed E-state index contributed by atoms with van der Waals surface area (Å²) < 4.78 is 5.02. The van der Waals surface area contributed by atoms with Crippen LogP contribution in [0.2, 0.25) is 0 Å². The molecule has 0 radical (unpaired) electrons. The zero-order valence-corrected chi connectivity index (χ0v) is 8.64. The van der Waals surface area contributed by atoms with Crippen molar-refractivity contribution in [3.8, 4) is 0 Å². The third kappa shape index (κ3) is 1.59. The van der Waals surface area contributed by atoms with E-state index in [9.17, 15) is 4.79 Å². The number of hydrogen-bond acceptors (Lipinski definition) is 3. The van der Waals surface area contributed by atoms with Gasteiger partial charge >= 0.3 is 6.09 Å². The molecule has 0 aromatic carbocycles. The number of carbonyl (C=O) groups is 1. The van der Waals surface area contributed by atoms with Crippen LogP contribution in [-0.4, -0.2) is 23.8 Å². The van der Waals surface area contributed by atoms with Crippen LogP contribution in [0.25, 0.3) is 0 Å². The van der Waals surface area contributed by atoms with Crippen LogP contribution in [0.3, 0.4) is 0 Å². The summed E-state index contributed by atoms with van der Waals surface area (Å²) in [5, 5.41) is 2.90. The highest BCUT2D eigenvalue weighted by Crippen LogP contribution is 2.58. The van der Waals surface area contributed by atoms with Gasteiger partial charge in [0.05, 0.1) is 6.61 Å². The van der Waals surface area contributed by atoms with Gasteiger partial charge in [-0.05, 0) is 25.7 Å². The van der Waals surface area contributed by atoms with Crippen molar-refractivity contribution in [3.63, 3.8) is 0 Å². The number of rotatable bonds is 4. The van der Waals surface area contributed by atoms with Gasteiger partial charge in [-0.3, -0.25) is 0 Å². The Bertz CT molecular complexity index is 233. The van der Waals surface area contributed by atoms with Gasteiger partial charge in [0.2, 0.25) is 0 Å². The van der Waals surface area contributed by atoms with Crippen molar-refractivity contribution >= 4 is 6.09 Å². The Morgan fingerprint density at radius 2 is 2.14 bits per heavy atom. The second kappa shape index (κ2) is 3.12. The first-order valence-electron chi connectivity index (χ1n) is 5.31. The molecule has 3 aliphatic carbocycles. The molecule has 0 aromatic heterocycles. The minimum Gasteiger partial charge on any atom is -0.450 e. The molecule has 4 nitrogen and oxygen atoms in total. The standard InChI is InChI=1S/C10H18N2O2/c1-2-3-4-14-8(13)12-10-5-9(11,6-10)7-10/h2-7,11H2,1H3,(H,12,13). The van der Waals surface area contributed by atoms with Crippen LogP contribution < -0.4 is 11.1 Å². The highest BCUT2D eigenvalue weighted by molar-refractivity contribution is 5.69. The molecule has 1 amide bonds. The Morgan fingerprint density at radius 1 is 1.50 bits per heavy atom. The Balaban J connectivity index is 1.64. The Kier molecular flexibility index (Phi) is 2.18. The van der Waals surface area contributed by atoms with Crippen molar-refractivity contribution in [1.29, 1.82) is 0 Å². The summed E-state index contributed by atoms with van der Waals surface area (Å²) in [7, 11) is 0. The lowest BCUT2D eigenvalue weighted by Gasteiger charge is -2.68. The van der Waals surface area contributed by atoms with Crippen LogP contribution in [0.1, 0.15) is 39.0 Å². The lowest BCUT2D eigenvalue weighted by atomic mass is 9.45. The molecule has 0 atom stereocenters. The molecular formula is C10H18N2O2. The molecule has 0 aromatic rings. The molecule has 0 heterocycles. The number of ether oxygens (including phenoxy) is 1. The minimum absolute atomic E-state index is 0.00194. The van der Waals surface area contributed by atoms with Gasteiger partial charge in [0.15, 0.2) is 0 Å². The van der Waals surface area contributed by atoms with Crippen LogP contribution in [0.5, 0.6) is 0 Å². The minimum atomic E-state index is -0.278. The zero-order valence-electron chi connectivity index (χ0n) is 8.64. The normalized spacial score (nSPS) is 38.1. The van der Waals surface area contributed by atoms with Gasteiger partial charge in [-0.25, -0.2) is 4.79 Å². The number of hydrogen-bond donors (Lipinski definition) is 2. The second-order valence-electron chi connectivity index (χ2n) is 4.79. The lowest BCUT2D eigenvalue weighted by molar-refractivity contribution is -0.0746. The van der Waals surface area contributed by atoms with Crippen molar-refractivity contribution < 1.29 is 9.53 Å². The van der Waals surface area contributed by atoms with Crippen molar-refractivity contribution in [1.82, 2.24) is 5.32 Å². The fraction of sp³-hybridized carbons (Fsp3) is 0.900. The maximum atomic E-state index is 11.3. The van der Waals surface area contributed by atoms with E-state index in [2.05, 4.69) is 12.2 Å². The average Bonchev–Trinajstić information content (AvgIpc) is 2.00. The van der Waals surface area contributed by atoms with Gasteiger partial charge in [-0.15, -0.1) is 0 Å². The van der Waals surface area contributed by atoms with Crippen LogP contribution in [0.4, 0.5) is 4.79 Å². The third-order valence-electron chi connectivity index (χ3n) is 3.17. The first-order chi connectivity index (χ1) is 6.58. The molecule has 3 N–H and O–H groups in total. The molecule has 3 fully saturated rings. The topological polar surface area (TPSA) is 64.3 Å². The van der Waals surface area contributed by atoms with E-state index in [1.165, 1.54) is 0 Å². The summed E-state index contributed by atoms with van der Waals surface area (Å²) >= 11 is 0. The summed E-state index contributed by atoms with van der Waals surface area (Å²) in [5.74, 6) is 0. The maximum absolute atomic E-state index is 11.3. The van der Waals surface area contributed by atoms with E-state index in [-0.39, 0.29) is 17.2 Å². The van der Waals surface area contributed by atoms with E-state index in [4.69, 9.17) is 10.5 Å². The monoisotopic (exact) mass is 198 g/mol. The summed E-state index contributed by atoms with van der Waals surface area (Å²) in [6.07, 6.45) is 4.46. The summed E-state index contributed by atoms with van der Waals surface area (Å²) in [6, 6.07) is 0. The van der Waals surface area contributed by atoms with Gasteiger partial charge in [0, 0.05) is 11.1 Å². The van der Waals surface area contributed by atoms with Crippen molar-refractivity contribution in [2.75, 3.05) is 6.61 Å². The molecule has 2 bridgehead atoms. The van der Waals surface area contributed by atoms with E-state index >= 15 is 0 Å². The molecular weight excluding hydrogens is 180 g/mol. The van der Waals surface area contributed by atoms with Crippen molar-refractivity contribution in [2.24, 2.45) is 5.73 Å². The van der Waals surface area contributed by atoms with Gasteiger partial charge in [0.1, 0.15) is 0 Å². The van der Waals surface area contributed by atoms with E-state index in [1.807, 2.05) is 0 Å². The van der Waals surface area contributed by atoms with Gasteiger partial charge in [0.25, 0.3) is 0 Å². The van der Waals surface area contributed by atoms with Gasteiger partial charge in [-0.1, -0.05) is 13.3 Å². The number of nitrogens with two attached hydrogens (primary N) is 1. The van der Waals surface area contributed by atoms with Crippen LogP contribution in [0, 0.1) is 0 Å². The quantitative estimate of drug-likeness (QED) is 0.666. The van der Waals surface area contributed by atoms with Crippen molar-refractivity contribution in [2.45, 2.75) is 50.1 Å². The van der Waals surface area contributed by atoms with E-state index < -0.39 is 0 Å². The Labute approximate surface area is 84.2 Å². The summed E-state index contributed by atoms with van der Waals surface area (Å²) in [4.78, 5) is 11.3. The number of nitrogens with one attached hydrogen (secondary N) is 1. The highest BCUT2D eigenvalue weighted by Gasteiger charge is 2.66. The fourth-order valence-electron chi connectivity index (χ4n) is 2.56. The van der Waals surface area contributed by atoms with E-state index in [0.717, 1.165) is 32.1 Å². The van der Waals surface area contributed by atoms with Crippen molar-refractivity contribution in [3.05, 3.63) is 0 Å². The Morgan fingerprint density at radius 3 is 2.64 bits per heavy atom. The number of unbranched alkanes of at least 4 members (excludes halogenated alkanes) is 1. The van der Waals surface area contributed by atoms with Gasteiger partial charge < -0.3 is 15.8 Å². The van der Waals surface area contributed by atoms with Gasteiger partial charge in [-0.2, -0.15) is 0 Å². The third-order valence-corrected chi connectivity index (χ3v) is 3.17. The van der Waals surface area contributed by atoms with Crippen LogP contribution >= 0.6 is 0 Å². The van der Waals surface area contributed by atoms with E-state index in [1.54, 1.807) is 0 Å².